The van der Waals surface area contributed by atoms with Gasteiger partial charge in [-0.1, -0.05) is 25.5 Å². The predicted molar refractivity (Wildman–Crippen MR) is 66.1 cm³/mol. The van der Waals surface area contributed by atoms with Crippen LogP contribution < -0.4 is 4.90 Å². The third-order valence-electron chi connectivity index (χ3n) is 2.48. The van der Waals surface area contributed by atoms with Crippen LogP contribution in [0.4, 0.5) is 5.69 Å². The summed E-state index contributed by atoms with van der Waals surface area (Å²) in [5.41, 5.74) is 0.643. The number of anilines is 1. The van der Waals surface area contributed by atoms with Crippen LogP contribution in [0.2, 0.25) is 0 Å². The summed E-state index contributed by atoms with van der Waals surface area (Å²) >= 11 is 0. The van der Waals surface area contributed by atoms with Crippen molar-refractivity contribution < 1.29 is 14.7 Å². The molecule has 18 heavy (non-hydrogen) atoms. The summed E-state index contributed by atoms with van der Waals surface area (Å²) < 4.78 is 0. The highest BCUT2D eigenvalue weighted by Gasteiger charge is 2.23. The van der Waals surface area contributed by atoms with Crippen LogP contribution in [0.25, 0.3) is 0 Å². The van der Waals surface area contributed by atoms with Gasteiger partial charge in [-0.25, -0.2) is 4.79 Å². The highest BCUT2D eigenvalue weighted by Crippen LogP contribution is 2.20. The third-order valence-corrected chi connectivity index (χ3v) is 2.48. The van der Waals surface area contributed by atoms with Crippen LogP contribution in [0, 0.1) is 11.3 Å². The number of para-hydroxylation sites is 1. The molecule has 0 aliphatic rings. The summed E-state index contributed by atoms with van der Waals surface area (Å²) in [6.07, 6.45) is 1.51. The smallest absolute Gasteiger partial charge is 0.394 e. The molecular weight excluding hydrogens is 232 g/mol. The molecule has 0 heterocycles. The molecule has 0 saturated carbocycles. The van der Waals surface area contributed by atoms with Gasteiger partial charge in [0, 0.05) is 6.54 Å². The SMILES string of the molecule is CCCCN(C(=O)C(=O)O)c1ccccc1C#N. The standard InChI is InChI=1S/C13H14N2O3/c1-2-3-8-15(12(16)13(17)18)11-7-5-4-6-10(11)9-14/h4-7H,2-3,8H2,1H3,(H,17,18). The lowest BCUT2D eigenvalue weighted by molar-refractivity contribution is -0.148. The van der Waals surface area contributed by atoms with E-state index in [1.54, 1.807) is 24.3 Å². The average molecular weight is 246 g/mol. The van der Waals surface area contributed by atoms with Crippen molar-refractivity contribution in [3.05, 3.63) is 29.8 Å². The molecule has 1 rings (SSSR count). The summed E-state index contributed by atoms with van der Waals surface area (Å²) in [5.74, 6) is -2.52. The highest BCUT2D eigenvalue weighted by atomic mass is 16.4. The van der Waals surface area contributed by atoms with Crippen LogP contribution in [0.3, 0.4) is 0 Å². The Bertz CT molecular complexity index is 491. The first kappa shape index (κ1) is 13.7. The summed E-state index contributed by atoms with van der Waals surface area (Å²) in [5, 5.41) is 17.8. The number of amides is 1. The number of unbranched alkanes of at least 4 members (excludes halogenated alkanes) is 1. The quantitative estimate of drug-likeness (QED) is 0.821. The van der Waals surface area contributed by atoms with Crippen LogP contribution in [0.5, 0.6) is 0 Å². The Morgan fingerprint density at radius 1 is 1.39 bits per heavy atom. The minimum absolute atomic E-state index is 0.292. The predicted octanol–water partition coefficient (Wildman–Crippen LogP) is 1.78. The summed E-state index contributed by atoms with van der Waals surface area (Å²) in [7, 11) is 0. The minimum Gasteiger partial charge on any atom is -0.474 e. The number of rotatable bonds is 4. The second kappa shape index (κ2) is 6.40. The van der Waals surface area contributed by atoms with E-state index in [2.05, 4.69) is 0 Å². The fourth-order valence-corrected chi connectivity index (χ4v) is 1.57. The number of hydrogen-bond acceptors (Lipinski definition) is 3. The second-order valence-electron chi connectivity index (χ2n) is 3.74. The van der Waals surface area contributed by atoms with Gasteiger partial charge in [-0.3, -0.25) is 4.79 Å². The Kier molecular flexibility index (Phi) is 4.88. The van der Waals surface area contributed by atoms with Crippen molar-refractivity contribution in [3.63, 3.8) is 0 Å². The van der Waals surface area contributed by atoms with Crippen molar-refractivity contribution in [2.45, 2.75) is 19.8 Å². The first-order valence-electron chi connectivity index (χ1n) is 5.65. The van der Waals surface area contributed by atoms with E-state index in [4.69, 9.17) is 10.4 Å². The molecular formula is C13H14N2O3. The highest BCUT2D eigenvalue weighted by molar-refractivity contribution is 6.37. The molecule has 0 radical (unpaired) electrons. The van der Waals surface area contributed by atoms with Crippen LogP contribution in [-0.2, 0) is 9.59 Å². The van der Waals surface area contributed by atoms with Gasteiger partial charge in [-0.2, -0.15) is 5.26 Å². The van der Waals surface area contributed by atoms with Gasteiger partial charge in [0.2, 0.25) is 0 Å². The number of hydrogen-bond donors (Lipinski definition) is 1. The number of carboxylic acids is 1. The van der Waals surface area contributed by atoms with Gasteiger partial charge in [0.25, 0.3) is 0 Å². The number of carbonyl (C=O) groups excluding carboxylic acids is 1. The normalized spacial score (nSPS) is 9.56. The van der Waals surface area contributed by atoms with Gasteiger partial charge in [0.05, 0.1) is 11.3 Å². The summed E-state index contributed by atoms with van der Waals surface area (Å²) in [6.45, 7) is 2.24. The molecule has 0 aliphatic carbocycles. The van der Waals surface area contributed by atoms with Crippen molar-refractivity contribution in [3.8, 4) is 6.07 Å². The van der Waals surface area contributed by atoms with E-state index < -0.39 is 11.9 Å². The molecule has 1 aromatic carbocycles. The topological polar surface area (TPSA) is 81.4 Å². The van der Waals surface area contributed by atoms with E-state index in [0.29, 0.717) is 24.2 Å². The Balaban J connectivity index is 3.13. The number of carbonyl (C=O) groups is 2. The van der Waals surface area contributed by atoms with Gasteiger partial charge in [0.1, 0.15) is 6.07 Å². The average Bonchev–Trinajstić information content (AvgIpc) is 2.39. The van der Waals surface area contributed by atoms with Gasteiger partial charge < -0.3 is 10.0 Å². The Morgan fingerprint density at radius 3 is 2.61 bits per heavy atom. The van der Waals surface area contributed by atoms with Gasteiger partial charge in [-0.15, -0.1) is 0 Å². The number of nitrogens with zero attached hydrogens (tertiary/aromatic N) is 2. The summed E-state index contributed by atoms with van der Waals surface area (Å²) in [4.78, 5) is 23.6. The lowest BCUT2D eigenvalue weighted by Crippen LogP contribution is -2.37. The Hall–Kier alpha value is -2.35. The van der Waals surface area contributed by atoms with E-state index in [1.165, 1.54) is 0 Å². The lowest BCUT2D eigenvalue weighted by atomic mass is 10.1. The van der Waals surface area contributed by atoms with Gasteiger partial charge in [0.15, 0.2) is 0 Å². The maximum atomic E-state index is 11.6. The van der Waals surface area contributed by atoms with Crippen molar-refractivity contribution in [2.75, 3.05) is 11.4 Å². The fourth-order valence-electron chi connectivity index (χ4n) is 1.57. The molecule has 5 heteroatoms. The zero-order chi connectivity index (χ0) is 13.5. The van der Waals surface area contributed by atoms with Crippen molar-refractivity contribution in [2.24, 2.45) is 0 Å². The van der Waals surface area contributed by atoms with Crippen molar-refractivity contribution >= 4 is 17.6 Å². The zero-order valence-electron chi connectivity index (χ0n) is 10.1. The van der Waals surface area contributed by atoms with E-state index in [0.717, 1.165) is 11.3 Å². The first-order chi connectivity index (χ1) is 8.61. The van der Waals surface area contributed by atoms with E-state index in [1.807, 2.05) is 13.0 Å². The molecule has 94 valence electrons. The molecule has 0 aliphatic heterocycles. The largest absolute Gasteiger partial charge is 0.474 e. The third kappa shape index (κ3) is 3.08. The lowest BCUT2D eigenvalue weighted by Gasteiger charge is -2.21. The molecule has 0 spiro atoms. The maximum Gasteiger partial charge on any atom is 0.394 e. The molecule has 0 saturated heterocycles. The Morgan fingerprint density at radius 2 is 2.06 bits per heavy atom. The van der Waals surface area contributed by atoms with E-state index in [-0.39, 0.29) is 0 Å². The molecule has 1 N–H and O–H groups in total. The molecule has 5 nitrogen and oxygen atoms in total. The molecule has 0 atom stereocenters. The van der Waals surface area contributed by atoms with Crippen molar-refractivity contribution in [1.29, 1.82) is 5.26 Å². The molecule has 1 amide bonds. The fraction of sp³-hybridized carbons (Fsp3) is 0.308. The summed E-state index contributed by atoms with van der Waals surface area (Å²) in [6, 6.07) is 8.44. The maximum absolute atomic E-state index is 11.6. The molecule has 0 unspecified atom stereocenters. The molecule has 0 fully saturated rings. The van der Waals surface area contributed by atoms with Crippen molar-refractivity contribution in [1.82, 2.24) is 0 Å². The number of nitriles is 1. The first-order valence-corrected chi connectivity index (χ1v) is 5.65. The van der Waals surface area contributed by atoms with E-state index in [9.17, 15) is 9.59 Å². The van der Waals surface area contributed by atoms with Crippen LogP contribution in [-0.4, -0.2) is 23.5 Å². The molecule has 0 aromatic heterocycles. The number of aliphatic carboxylic acids is 1. The number of carboxylic acid groups (broad SMARTS) is 1. The monoisotopic (exact) mass is 246 g/mol. The second-order valence-corrected chi connectivity index (χ2v) is 3.74. The van der Waals surface area contributed by atoms with Crippen LogP contribution in [0.15, 0.2) is 24.3 Å². The van der Waals surface area contributed by atoms with Crippen LogP contribution in [0.1, 0.15) is 25.3 Å². The Labute approximate surface area is 105 Å². The van der Waals surface area contributed by atoms with Gasteiger partial charge >= 0.3 is 11.9 Å². The van der Waals surface area contributed by atoms with Crippen LogP contribution >= 0.6 is 0 Å². The van der Waals surface area contributed by atoms with Gasteiger partial charge in [-0.05, 0) is 18.6 Å². The minimum atomic E-state index is -1.51. The molecule has 0 bridgehead atoms. The van der Waals surface area contributed by atoms with E-state index >= 15 is 0 Å². The zero-order valence-corrected chi connectivity index (χ0v) is 10.1. The molecule has 1 aromatic rings. The number of benzene rings is 1.